The van der Waals surface area contributed by atoms with Crippen LogP contribution in [0.15, 0.2) is 24.7 Å². The smallest absolute Gasteiger partial charge is 0.358 e. The zero-order valence-electron chi connectivity index (χ0n) is 13.8. The molecular formula is C17H18N4O4. The Morgan fingerprint density at radius 1 is 1.20 bits per heavy atom. The van der Waals surface area contributed by atoms with E-state index in [0.29, 0.717) is 17.0 Å². The Bertz CT molecular complexity index is 791. The summed E-state index contributed by atoms with van der Waals surface area (Å²) in [5.41, 5.74) is 1.37. The molecule has 8 heteroatoms. The maximum absolute atomic E-state index is 12.2. The van der Waals surface area contributed by atoms with Gasteiger partial charge in [-0.05, 0) is 25.8 Å². The van der Waals surface area contributed by atoms with Gasteiger partial charge in [-0.2, -0.15) is 0 Å². The number of aryl methyl sites for hydroxylation is 1. The first-order valence-electron chi connectivity index (χ1n) is 8.01. The van der Waals surface area contributed by atoms with Gasteiger partial charge in [-0.25, -0.2) is 9.78 Å². The molecule has 1 saturated heterocycles. The van der Waals surface area contributed by atoms with Gasteiger partial charge in [0.2, 0.25) is 5.78 Å². The van der Waals surface area contributed by atoms with E-state index in [1.54, 1.807) is 11.8 Å². The molecule has 1 amide bonds. The lowest BCUT2D eigenvalue weighted by molar-refractivity contribution is 0.0468. The van der Waals surface area contributed by atoms with E-state index in [0.717, 1.165) is 25.9 Å². The average Bonchev–Trinajstić information content (AvgIpc) is 3.31. The van der Waals surface area contributed by atoms with Crippen LogP contribution in [0.3, 0.4) is 0 Å². The molecule has 3 heterocycles. The molecule has 0 saturated carbocycles. The van der Waals surface area contributed by atoms with Gasteiger partial charge in [0.1, 0.15) is 5.69 Å². The third-order valence-corrected chi connectivity index (χ3v) is 3.95. The van der Waals surface area contributed by atoms with Gasteiger partial charge in [0, 0.05) is 31.0 Å². The van der Waals surface area contributed by atoms with E-state index in [1.165, 1.54) is 24.7 Å². The molecule has 0 aliphatic carbocycles. The van der Waals surface area contributed by atoms with Crippen LogP contribution in [-0.2, 0) is 4.74 Å². The molecule has 0 bridgehead atoms. The number of carbonyl (C=O) groups excluding carboxylic acids is 3. The Balaban J connectivity index is 1.57. The second-order valence-corrected chi connectivity index (χ2v) is 5.84. The Morgan fingerprint density at radius 2 is 1.96 bits per heavy atom. The monoisotopic (exact) mass is 342 g/mol. The molecule has 0 radical (unpaired) electrons. The Labute approximate surface area is 144 Å². The Hall–Kier alpha value is -3.03. The van der Waals surface area contributed by atoms with Crippen LogP contribution in [0, 0.1) is 6.92 Å². The lowest BCUT2D eigenvalue weighted by Crippen LogP contribution is -2.27. The zero-order chi connectivity index (χ0) is 17.8. The molecule has 2 aromatic heterocycles. The van der Waals surface area contributed by atoms with E-state index in [1.807, 2.05) is 0 Å². The third kappa shape index (κ3) is 3.90. The number of ketones is 1. The fourth-order valence-corrected chi connectivity index (χ4v) is 2.56. The minimum absolute atomic E-state index is 0.0392. The summed E-state index contributed by atoms with van der Waals surface area (Å²) < 4.78 is 4.95. The topological polar surface area (TPSA) is 105 Å². The summed E-state index contributed by atoms with van der Waals surface area (Å²) in [5.74, 6) is -1.24. The number of amides is 1. The molecule has 2 aromatic rings. The number of esters is 1. The van der Waals surface area contributed by atoms with Gasteiger partial charge in [-0.15, -0.1) is 0 Å². The summed E-state index contributed by atoms with van der Waals surface area (Å²) in [7, 11) is 0. The lowest BCUT2D eigenvalue weighted by atomic mass is 10.2. The van der Waals surface area contributed by atoms with Crippen molar-refractivity contribution in [1.29, 1.82) is 0 Å². The van der Waals surface area contributed by atoms with E-state index in [-0.39, 0.29) is 11.6 Å². The summed E-state index contributed by atoms with van der Waals surface area (Å²) >= 11 is 0. The maximum atomic E-state index is 12.2. The summed E-state index contributed by atoms with van der Waals surface area (Å²) in [6, 6.07) is 1.49. The first-order valence-corrected chi connectivity index (χ1v) is 8.01. The highest BCUT2D eigenvalue weighted by Gasteiger charge is 2.22. The molecule has 0 aromatic carbocycles. The molecule has 130 valence electrons. The van der Waals surface area contributed by atoms with Crippen molar-refractivity contribution in [1.82, 2.24) is 19.9 Å². The standard InChI is InChI=1S/C17H18N4O4/c1-11-7-19-14(9-18-11)17(24)25-10-15(22)12-6-13(20-8-12)16(23)21-4-2-3-5-21/h6-9,20H,2-5,10H2,1H3. The molecule has 1 N–H and O–H groups in total. The van der Waals surface area contributed by atoms with Crippen LogP contribution in [0.1, 0.15) is 49.9 Å². The Morgan fingerprint density at radius 3 is 2.64 bits per heavy atom. The van der Waals surface area contributed by atoms with Gasteiger partial charge < -0.3 is 14.6 Å². The van der Waals surface area contributed by atoms with Crippen molar-refractivity contribution in [2.45, 2.75) is 19.8 Å². The summed E-state index contributed by atoms with van der Waals surface area (Å²) in [6.45, 7) is 2.79. The summed E-state index contributed by atoms with van der Waals surface area (Å²) in [4.78, 5) is 48.6. The molecule has 1 aliphatic rings. The number of hydrogen-bond acceptors (Lipinski definition) is 6. The molecule has 8 nitrogen and oxygen atoms in total. The van der Waals surface area contributed by atoms with E-state index in [9.17, 15) is 14.4 Å². The highest BCUT2D eigenvalue weighted by molar-refractivity contribution is 6.01. The molecule has 3 rings (SSSR count). The van der Waals surface area contributed by atoms with Crippen molar-refractivity contribution in [2.24, 2.45) is 0 Å². The number of H-pyrrole nitrogens is 1. The van der Waals surface area contributed by atoms with Gasteiger partial charge in [-0.1, -0.05) is 0 Å². The second kappa shape index (κ2) is 7.25. The minimum atomic E-state index is -0.718. The largest absolute Gasteiger partial charge is 0.453 e. The van der Waals surface area contributed by atoms with Crippen molar-refractivity contribution < 1.29 is 19.1 Å². The number of Topliss-reactive ketones (excluding diaryl/α,β-unsaturated/α-hetero) is 1. The van der Waals surface area contributed by atoms with Gasteiger partial charge in [0.15, 0.2) is 12.3 Å². The number of hydrogen-bond donors (Lipinski definition) is 1. The number of ether oxygens (including phenoxy) is 1. The van der Waals surface area contributed by atoms with E-state index in [4.69, 9.17) is 4.74 Å². The number of carbonyl (C=O) groups is 3. The Kier molecular flexibility index (Phi) is 4.87. The highest BCUT2D eigenvalue weighted by Crippen LogP contribution is 2.13. The molecule has 1 fully saturated rings. The molecule has 0 atom stereocenters. The van der Waals surface area contributed by atoms with Crippen molar-refractivity contribution in [3.63, 3.8) is 0 Å². The van der Waals surface area contributed by atoms with Crippen LogP contribution in [0.2, 0.25) is 0 Å². The van der Waals surface area contributed by atoms with Crippen molar-refractivity contribution in [2.75, 3.05) is 19.7 Å². The molecule has 0 unspecified atom stereocenters. The zero-order valence-corrected chi connectivity index (χ0v) is 13.8. The number of likely N-dealkylation sites (tertiary alicyclic amines) is 1. The molecule has 0 spiro atoms. The first-order chi connectivity index (χ1) is 12.0. The van der Waals surface area contributed by atoms with Crippen LogP contribution in [-0.4, -0.2) is 57.2 Å². The molecule has 25 heavy (non-hydrogen) atoms. The van der Waals surface area contributed by atoms with Crippen LogP contribution >= 0.6 is 0 Å². The number of aromatic amines is 1. The van der Waals surface area contributed by atoms with Crippen molar-refractivity contribution in [3.05, 3.63) is 47.3 Å². The van der Waals surface area contributed by atoms with E-state index in [2.05, 4.69) is 15.0 Å². The average molecular weight is 342 g/mol. The third-order valence-electron chi connectivity index (χ3n) is 3.95. The quantitative estimate of drug-likeness (QED) is 0.650. The van der Waals surface area contributed by atoms with Crippen LogP contribution in [0.4, 0.5) is 0 Å². The van der Waals surface area contributed by atoms with Gasteiger partial charge in [0.05, 0.1) is 11.9 Å². The number of rotatable bonds is 5. The number of nitrogens with zero attached hydrogens (tertiary/aromatic N) is 3. The minimum Gasteiger partial charge on any atom is -0.453 e. The van der Waals surface area contributed by atoms with Crippen LogP contribution in [0.5, 0.6) is 0 Å². The predicted molar refractivity (Wildman–Crippen MR) is 87.3 cm³/mol. The SMILES string of the molecule is Cc1cnc(C(=O)OCC(=O)c2c[nH]c(C(=O)N3CCCC3)c2)cn1. The number of nitrogens with one attached hydrogen (secondary N) is 1. The van der Waals surface area contributed by atoms with Crippen LogP contribution < -0.4 is 0 Å². The van der Waals surface area contributed by atoms with E-state index >= 15 is 0 Å². The first kappa shape index (κ1) is 16.8. The van der Waals surface area contributed by atoms with Gasteiger partial charge in [-0.3, -0.25) is 14.6 Å². The predicted octanol–water partition coefficient (Wildman–Crippen LogP) is 1.39. The molecule has 1 aliphatic heterocycles. The summed E-state index contributed by atoms with van der Waals surface area (Å²) in [6.07, 6.45) is 6.18. The van der Waals surface area contributed by atoms with Gasteiger partial charge >= 0.3 is 5.97 Å². The number of aromatic nitrogens is 3. The fourth-order valence-electron chi connectivity index (χ4n) is 2.56. The lowest BCUT2D eigenvalue weighted by Gasteiger charge is -2.13. The normalized spacial score (nSPS) is 13.7. The highest BCUT2D eigenvalue weighted by atomic mass is 16.5. The summed E-state index contributed by atoms with van der Waals surface area (Å²) in [5, 5.41) is 0. The second-order valence-electron chi connectivity index (χ2n) is 5.84. The van der Waals surface area contributed by atoms with Crippen LogP contribution in [0.25, 0.3) is 0 Å². The molecular weight excluding hydrogens is 324 g/mol. The maximum Gasteiger partial charge on any atom is 0.358 e. The van der Waals surface area contributed by atoms with Crippen molar-refractivity contribution in [3.8, 4) is 0 Å². The van der Waals surface area contributed by atoms with E-state index < -0.39 is 18.4 Å². The fraction of sp³-hybridized carbons (Fsp3) is 0.353. The van der Waals surface area contributed by atoms with Crippen molar-refractivity contribution >= 4 is 17.7 Å². The van der Waals surface area contributed by atoms with Gasteiger partial charge in [0.25, 0.3) is 5.91 Å².